The maximum absolute atomic E-state index is 11.3. The first-order valence-corrected chi connectivity index (χ1v) is 14.0. The summed E-state index contributed by atoms with van der Waals surface area (Å²) in [6.07, 6.45) is 0. The summed E-state index contributed by atoms with van der Waals surface area (Å²) in [6.45, 7) is 5.15. The molecule has 0 aromatic heterocycles. The minimum Gasteiger partial charge on any atom is -0.507 e. The lowest BCUT2D eigenvalue weighted by Crippen LogP contribution is -2.11. The average Bonchev–Trinajstić information content (AvgIpc) is 3.01. The molecule has 0 radical (unpaired) electrons. The third-order valence-electron chi connectivity index (χ3n) is 8.80. The lowest BCUT2D eigenvalue weighted by atomic mass is 9.79. The first-order valence-electron chi connectivity index (χ1n) is 14.0. The summed E-state index contributed by atoms with van der Waals surface area (Å²) < 4.78 is 0. The van der Waals surface area contributed by atoms with Crippen LogP contribution < -0.4 is 10.9 Å². The lowest BCUT2D eigenvalue weighted by molar-refractivity contribution is 0.396. The van der Waals surface area contributed by atoms with E-state index in [1.807, 2.05) is 36.4 Å². The van der Waals surface area contributed by atoms with Gasteiger partial charge in [-0.25, -0.2) is 0 Å². The zero-order valence-electron chi connectivity index (χ0n) is 24.5. The number of aromatic hydroxyl groups is 6. The first-order chi connectivity index (χ1) is 20.4. The molecule has 0 bridgehead atoms. The number of hydrogen-bond donors (Lipinski definition) is 6. The van der Waals surface area contributed by atoms with Crippen molar-refractivity contribution in [2.24, 2.45) is 0 Å². The molecule has 0 aliphatic heterocycles. The van der Waals surface area contributed by atoms with Crippen molar-refractivity contribution in [1.29, 1.82) is 0 Å². The van der Waals surface area contributed by atoms with Crippen LogP contribution >= 0.6 is 0 Å². The maximum atomic E-state index is 11.3. The molecule has 0 fully saturated rings. The van der Waals surface area contributed by atoms with E-state index in [9.17, 15) is 30.6 Å². The lowest BCUT2D eigenvalue weighted by Gasteiger charge is -2.21. The summed E-state index contributed by atoms with van der Waals surface area (Å²) in [5, 5.41) is 69.2. The molecular formula is C35H30B2O6. The number of hydrogen-bond acceptors (Lipinski definition) is 6. The molecule has 6 aromatic carbocycles. The maximum Gasteiger partial charge on any atom is 0.163 e. The molecule has 0 unspecified atom stereocenters. The summed E-state index contributed by atoms with van der Waals surface area (Å²) in [6, 6.07) is 21.9. The molecule has 212 valence electrons. The Balaban J connectivity index is 1.82. The van der Waals surface area contributed by atoms with Crippen molar-refractivity contribution in [3.63, 3.8) is 0 Å². The van der Waals surface area contributed by atoms with Crippen LogP contribution in [0.25, 0.3) is 54.9 Å². The minimum atomic E-state index is -0.391. The summed E-state index contributed by atoms with van der Waals surface area (Å²) >= 11 is 0. The van der Waals surface area contributed by atoms with Gasteiger partial charge < -0.3 is 30.6 Å². The van der Waals surface area contributed by atoms with Crippen LogP contribution in [0.5, 0.6) is 34.5 Å². The molecule has 0 aliphatic carbocycles. The Morgan fingerprint density at radius 3 is 1.09 bits per heavy atom. The van der Waals surface area contributed by atoms with E-state index in [2.05, 4.69) is 31.2 Å². The van der Waals surface area contributed by atoms with Crippen molar-refractivity contribution in [3.05, 3.63) is 83.4 Å². The highest BCUT2D eigenvalue weighted by atomic mass is 16.3. The van der Waals surface area contributed by atoms with Gasteiger partial charge >= 0.3 is 0 Å². The van der Waals surface area contributed by atoms with E-state index in [1.165, 1.54) is 13.8 Å². The number of aryl methyl sites for hydroxylation is 1. The predicted octanol–water partition coefficient (Wildman–Crippen LogP) is 4.67. The second-order valence-corrected chi connectivity index (χ2v) is 11.2. The molecule has 0 saturated carbocycles. The highest BCUT2D eigenvalue weighted by Gasteiger charge is 2.24. The summed E-state index contributed by atoms with van der Waals surface area (Å²) in [4.78, 5) is 0. The summed E-state index contributed by atoms with van der Waals surface area (Å²) in [5.41, 5.74) is 5.40. The molecule has 0 aliphatic rings. The molecule has 6 N–H and O–H groups in total. The van der Waals surface area contributed by atoms with E-state index < -0.39 is 11.5 Å². The Labute approximate surface area is 250 Å². The zero-order chi connectivity index (χ0) is 30.9. The Kier molecular flexibility index (Phi) is 6.46. The van der Waals surface area contributed by atoms with Gasteiger partial charge in [0.25, 0.3) is 0 Å². The van der Waals surface area contributed by atoms with E-state index in [1.54, 1.807) is 21.8 Å². The van der Waals surface area contributed by atoms with Gasteiger partial charge in [-0.15, -0.1) is 0 Å². The monoisotopic (exact) mass is 568 g/mol. The standard InChI is InChI=1S/C35H30B2O6/c1-15-21-8-4-6-10-23(21)25(24-11-7-5-9-22(15)24)18-12-19(26-28(36)34(42)32(40)16(2)30(26)38)14-20(13-18)27-29(37)35(43)33(41)17(3)31(27)39/h4-14,38-43H,36-37H2,1-3H3. The smallest absolute Gasteiger partial charge is 0.163 e. The van der Waals surface area contributed by atoms with Crippen LogP contribution in [0.3, 0.4) is 0 Å². The van der Waals surface area contributed by atoms with E-state index in [0.29, 0.717) is 22.3 Å². The molecule has 0 amide bonds. The number of rotatable bonds is 3. The number of fused-ring (bicyclic) bond motifs is 2. The quantitative estimate of drug-likeness (QED) is 0.0800. The molecule has 8 heteroatoms. The van der Waals surface area contributed by atoms with E-state index in [4.69, 9.17) is 0 Å². The average molecular weight is 568 g/mol. The Morgan fingerprint density at radius 2 is 0.721 bits per heavy atom. The second-order valence-electron chi connectivity index (χ2n) is 11.2. The SMILES string of the molecule is Bc1c(O)c(O)c(C)c(O)c1-c1cc(-c2c(B)c(O)c(O)c(C)c2O)cc(-c2c3ccccc3c(C)c3ccccc23)c1. The first kappa shape index (κ1) is 27.9. The molecular weight excluding hydrogens is 538 g/mol. The van der Waals surface area contributed by atoms with Crippen molar-refractivity contribution in [3.8, 4) is 67.9 Å². The Morgan fingerprint density at radius 1 is 0.395 bits per heavy atom. The minimum absolute atomic E-state index is 0.133. The van der Waals surface area contributed by atoms with Gasteiger partial charge in [-0.2, -0.15) is 0 Å². The van der Waals surface area contributed by atoms with E-state index in [0.717, 1.165) is 38.2 Å². The second kappa shape index (κ2) is 9.95. The van der Waals surface area contributed by atoms with Gasteiger partial charge in [0.2, 0.25) is 0 Å². The van der Waals surface area contributed by atoms with Crippen LogP contribution in [0.1, 0.15) is 16.7 Å². The van der Waals surface area contributed by atoms with Crippen molar-refractivity contribution >= 4 is 48.2 Å². The molecule has 43 heavy (non-hydrogen) atoms. The van der Waals surface area contributed by atoms with E-state index >= 15 is 0 Å². The van der Waals surface area contributed by atoms with Crippen LogP contribution in [0.4, 0.5) is 0 Å². The van der Waals surface area contributed by atoms with Crippen LogP contribution in [0.2, 0.25) is 0 Å². The molecule has 0 saturated heterocycles. The fraction of sp³-hybridized carbons (Fsp3) is 0.0857. The fourth-order valence-corrected chi connectivity index (χ4v) is 6.33. The van der Waals surface area contributed by atoms with Gasteiger partial charge in [-0.3, -0.25) is 0 Å². The highest BCUT2D eigenvalue weighted by molar-refractivity contribution is 6.40. The number of phenolic OH excluding ortho intramolecular Hbond substituents is 6. The number of phenols is 6. The molecule has 0 spiro atoms. The van der Waals surface area contributed by atoms with Crippen molar-refractivity contribution in [1.82, 2.24) is 0 Å². The van der Waals surface area contributed by atoms with Gasteiger partial charge in [0.05, 0.1) is 0 Å². The molecule has 0 heterocycles. The third-order valence-corrected chi connectivity index (χ3v) is 8.80. The van der Waals surface area contributed by atoms with Crippen LogP contribution in [0.15, 0.2) is 66.7 Å². The predicted molar refractivity (Wildman–Crippen MR) is 178 cm³/mol. The normalized spacial score (nSPS) is 11.4. The largest absolute Gasteiger partial charge is 0.507 e. The van der Waals surface area contributed by atoms with Gasteiger partial charge in [0, 0.05) is 22.3 Å². The fourth-order valence-electron chi connectivity index (χ4n) is 6.33. The van der Waals surface area contributed by atoms with Gasteiger partial charge in [-0.05, 0) is 99.3 Å². The third kappa shape index (κ3) is 4.05. The Hall–Kier alpha value is -5.23. The van der Waals surface area contributed by atoms with Gasteiger partial charge in [0.15, 0.2) is 23.0 Å². The Bertz CT molecular complexity index is 1950. The van der Waals surface area contributed by atoms with Crippen molar-refractivity contribution < 1.29 is 30.6 Å². The molecule has 6 rings (SSSR count). The zero-order valence-corrected chi connectivity index (χ0v) is 24.5. The molecule has 6 aromatic rings. The van der Waals surface area contributed by atoms with Crippen LogP contribution in [-0.2, 0) is 0 Å². The van der Waals surface area contributed by atoms with Crippen LogP contribution in [0, 0.1) is 20.8 Å². The highest BCUT2D eigenvalue weighted by Crippen LogP contribution is 2.47. The van der Waals surface area contributed by atoms with Crippen LogP contribution in [-0.4, -0.2) is 46.3 Å². The number of benzene rings is 6. The summed E-state index contributed by atoms with van der Waals surface area (Å²) in [7, 11) is 3.23. The van der Waals surface area contributed by atoms with E-state index in [-0.39, 0.29) is 45.1 Å². The molecule has 0 atom stereocenters. The van der Waals surface area contributed by atoms with Crippen molar-refractivity contribution in [2.45, 2.75) is 20.8 Å². The topological polar surface area (TPSA) is 121 Å². The van der Waals surface area contributed by atoms with Crippen molar-refractivity contribution in [2.75, 3.05) is 0 Å². The van der Waals surface area contributed by atoms with Gasteiger partial charge in [0.1, 0.15) is 27.2 Å². The van der Waals surface area contributed by atoms with Gasteiger partial charge in [-0.1, -0.05) is 48.5 Å². The summed E-state index contributed by atoms with van der Waals surface area (Å²) in [5.74, 6) is -1.81. The molecule has 6 nitrogen and oxygen atoms in total.